The van der Waals surface area contributed by atoms with Gasteiger partial charge in [0, 0.05) is 18.4 Å². The van der Waals surface area contributed by atoms with Crippen LogP contribution in [0.3, 0.4) is 0 Å². The van der Waals surface area contributed by atoms with Gasteiger partial charge in [-0.15, -0.1) is 11.7 Å². The van der Waals surface area contributed by atoms with Gasteiger partial charge in [0.15, 0.2) is 5.78 Å². The SMILES string of the molecule is C=CCSc1nc2ncc3c(n2n1)CC(c1cccc(C)c1)CC3=O. The van der Waals surface area contributed by atoms with E-state index in [-0.39, 0.29) is 11.7 Å². The van der Waals surface area contributed by atoms with E-state index in [1.54, 1.807) is 10.7 Å². The lowest BCUT2D eigenvalue weighted by Gasteiger charge is -2.24. The third-order valence-corrected chi connectivity index (χ3v) is 5.30. The molecule has 0 spiro atoms. The van der Waals surface area contributed by atoms with Crippen LogP contribution in [-0.4, -0.2) is 31.1 Å². The van der Waals surface area contributed by atoms with Crippen LogP contribution in [0, 0.1) is 6.92 Å². The summed E-state index contributed by atoms with van der Waals surface area (Å²) >= 11 is 1.51. The minimum Gasteiger partial charge on any atom is -0.294 e. The fraction of sp³-hybridized carbons (Fsp3) is 0.263. The molecule has 1 aromatic carbocycles. The Morgan fingerprint density at radius 3 is 3.08 bits per heavy atom. The molecule has 0 N–H and O–H groups in total. The fourth-order valence-electron chi connectivity index (χ4n) is 3.28. The van der Waals surface area contributed by atoms with Gasteiger partial charge in [-0.2, -0.15) is 9.50 Å². The second-order valence-electron chi connectivity index (χ2n) is 6.27. The van der Waals surface area contributed by atoms with E-state index in [1.165, 1.54) is 22.9 Å². The highest BCUT2D eigenvalue weighted by Crippen LogP contribution is 2.33. The average molecular weight is 350 g/mol. The molecular formula is C19H18N4OS. The third-order valence-electron chi connectivity index (χ3n) is 4.46. The van der Waals surface area contributed by atoms with Crippen molar-refractivity contribution in [2.24, 2.45) is 0 Å². The number of fused-ring (bicyclic) bond motifs is 3. The number of ketones is 1. The molecule has 0 aliphatic heterocycles. The molecule has 2 heterocycles. The van der Waals surface area contributed by atoms with Crippen LogP contribution in [0.2, 0.25) is 0 Å². The quantitative estimate of drug-likeness (QED) is 0.531. The minimum absolute atomic E-state index is 0.123. The van der Waals surface area contributed by atoms with Crippen LogP contribution in [0.1, 0.15) is 39.5 Å². The molecule has 0 saturated heterocycles. The standard InChI is InChI=1S/C19H18N4OS/c1-3-7-25-19-21-18-20-11-15-16(23(18)22-19)9-14(10-17(15)24)13-6-4-5-12(2)8-13/h3-6,8,11,14H,1,7,9-10H2,2H3. The molecule has 2 aromatic heterocycles. The number of hydrogen-bond acceptors (Lipinski definition) is 5. The predicted octanol–water partition coefficient (Wildman–Crippen LogP) is 3.62. The van der Waals surface area contributed by atoms with E-state index >= 15 is 0 Å². The Hall–Kier alpha value is -2.47. The molecule has 3 aromatic rings. The highest BCUT2D eigenvalue weighted by molar-refractivity contribution is 7.99. The lowest BCUT2D eigenvalue weighted by atomic mass is 9.82. The molecule has 4 rings (SSSR count). The van der Waals surface area contributed by atoms with Crippen LogP contribution in [-0.2, 0) is 6.42 Å². The minimum atomic E-state index is 0.123. The van der Waals surface area contributed by atoms with Gasteiger partial charge in [-0.25, -0.2) is 4.98 Å². The molecule has 1 unspecified atom stereocenters. The highest BCUT2D eigenvalue weighted by Gasteiger charge is 2.29. The maximum absolute atomic E-state index is 12.7. The second-order valence-corrected chi connectivity index (χ2v) is 7.25. The predicted molar refractivity (Wildman–Crippen MR) is 98.3 cm³/mol. The first-order valence-electron chi connectivity index (χ1n) is 8.24. The normalized spacial score (nSPS) is 16.8. The van der Waals surface area contributed by atoms with Crippen molar-refractivity contribution in [2.45, 2.75) is 30.8 Å². The summed E-state index contributed by atoms with van der Waals surface area (Å²) in [4.78, 5) is 21.4. The van der Waals surface area contributed by atoms with Gasteiger partial charge in [-0.3, -0.25) is 4.79 Å². The maximum atomic E-state index is 12.7. The summed E-state index contributed by atoms with van der Waals surface area (Å²) in [6, 6.07) is 8.38. The van der Waals surface area contributed by atoms with Crippen LogP contribution in [0.4, 0.5) is 0 Å². The molecule has 1 atom stereocenters. The van der Waals surface area contributed by atoms with Gasteiger partial charge in [0.05, 0.1) is 11.3 Å². The van der Waals surface area contributed by atoms with E-state index in [4.69, 9.17) is 0 Å². The Balaban J connectivity index is 1.76. The van der Waals surface area contributed by atoms with E-state index in [2.05, 4.69) is 46.8 Å². The largest absolute Gasteiger partial charge is 0.294 e. The van der Waals surface area contributed by atoms with Crippen LogP contribution in [0.25, 0.3) is 5.78 Å². The van der Waals surface area contributed by atoms with Crippen molar-refractivity contribution in [3.05, 3.63) is 65.5 Å². The van der Waals surface area contributed by atoms with Gasteiger partial charge in [0.2, 0.25) is 5.16 Å². The third kappa shape index (κ3) is 2.98. The van der Waals surface area contributed by atoms with E-state index < -0.39 is 0 Å². The van der Waals surface area contributed by atoms with E-state index in [9.17, 15) is 4.79 Å². The Labute approximate surface area is 150 Å². The second kappa shape index (κ2) is 6.44. The monoisotopic (exact) mass is 350 g/mol. The molecule has 0 bridgehead atoms. The Morgan fingerprint density at radius 2 is 2.28 bits per heavy atom. The Bertz CT molecular complexity index is 979. The molecule has 1 aliphatic rings. The van der Waals surface area contributed by atoms with Crippen molar-refractivity contribution in [2.75, 3.05) is 5.75 Å². The molecule has 126 valence electrons. The average Bonchev–Trinajstić information content (AvgIpc) is 3.03. The number of aromatic nitrogens is 4. The number of rotatable bonds is 4. The van der Waals surface area contributed by atoms with Crippen LogP contribution in [0.5, 0.6) is 0 Å². The number of Topliss-reactive ketones (excluding diaryl/α,β-unsaturated/α-hetero) is 1. The zero-order valence-corrected chi connectivity index (χ0v) is 14.8. The first-order valence-corrected chi connectivity index (χ1v) is 9.22. The number of thioether (sulfide) groups is 1. The number of carbonyl (C=O) groups excluding carboxylic acids is 1. The van der Waals surface area contributed by atoms with Crippen LogP contribution >= 0.6 is 11.8 Å². The number of hydrogen-bond donors (Lipinski definition) is 0. The zero-order valence-electron chi connectivity index (χ0n) is 14.0. The molecule has 25 heavy (non-hydrogen) atoms. The van der Waals surface area contributed by atoms with Gasteiger partial charge < -0.3 is 0 Å². The van der Waals surface area contributed by atoms with Gasteiger partial charge in [0.1, 0.15) is 0 Å². The van der Waals surface area contributed by atoms with Gasteiger partial charge in [-0.05, 0) is 24.8 Å². The molecule has 1 aliphatic carbocycles. The Kier molecular flexibility index (Phi) is 4.13. The molecule has 0 fully saturated rings. The molecule has 6 heteroatoms. The maximum Gasteiger partial charge on any atom is 0.253 e. The van der Waals surface area contributed by atoms with Crippen molar-refractivity contribution in [1.82, 2.24) is 19.6 Å². The Morgan fingerprint density at radius 1 is 1.40 bits per heavy atom. The van der Waals surface area contributed by atoms with E-state index in [1.807, 2.05) is 12.1 Å². The van der Waals surface area contributed by atoms with Crippen molar-refractivity contribution in [3.8, 4) is 0 Å². The topological polar surface area (TPSA) is 60.1 Å². The first kappa shape index (κ1) is 16.0. The lowest BCUT2D eigenvalue weighted by molar-refractivity contribution is 0.0962. The molecule has 0 saturated carbocycles. The summed E-state index contributed by atoms with van der Waals surface area (Å²) < 4.78 is 1.74. The van der Waals surface area contributed by atoms with Gasteiger partial charge >= 0.3 is 0 Å². The summed E-state index contributed by atoms with van der Waals surface area (Å²) in [6.45, 7) is 5.79. The smallest absolute Gasteiger partial charge is 0.253 e. The number of nitrogens with zero attached hydrogens (tertiary/aromatic N) is 4. The summed E-state index contributed by atoms with van der Waals surface area (Å²) in [5.41, 5.74) is 3.98. The van der Waals surface area contributed by atoms with E-state index in [0.717, 1.165) is 17.9 Å². The number of carbonyl (C=O) groups is 1. The molecule has 5 nitrogen and oxygen atoms in total. The lowest BCUT2D eigenvalue weighted by Crippen LogP contribution is -2.22. The highest BCUT2D eigenvalue weighted by atomic mass is 32.2. The van der Waals surface area contributed by atoms with Crippen molar-refractivity contribution >= 4 is 23.3 Å². The summed E-state index contributed by atoms with van der Waals surface area (Å²) in [5.74, 6) is 1.57. The van der Waals surface area contributed by atoms with Crippen LogP contribution < -0.4 is 0 Å². The first-order chi connectivity index (χ1) is 12.2. The van der Waals surface area contributed by atoms with Crippen LogP contribution in [0.15, 0.2) is 48.3 Å². The summed E-state index contributed by atoms with van der Waals surface area (Å²) in [7, 11) is 0. The van der Waals surface area contributed by atoms with Gasteiger partial charge in [-0.1, -0.05) is 47.7 Å². The van der Waals surface area contributed by atoms with Crippen molar-refractivity contribution in [3.63, 3.8) is 0 Å². The molecule has 0 amide bonds. The summed E-state index contributed by atoms with van der Waals surface area (Å²) in [5, 5.41) is 5.21. The zero-order chi connectivity index (χ0) is 17.4. The molecular weight excluding hydrogens is 332 g/mol. The van der Waals surface area contributed by atoms with Gasteiger partial charge in [0.25, 0.3) is 5.78 Å². The summed E-state index contributed by atoms with van der Waals surface area (Å²) in [6.07, 6.45) is 4.74. The van der Waals surface area contributed by atoms with Crippen molar-refractivity contribution in [1.29, 1.82) is 0 Å². The molecule has 0 radical (unpaired) electrons. The fourth-order valence-corrected chi connectivity index (χ4v) is 3.84. The number of aryl methyl sites for hydroxylation is 1. The van der Waals surface area contributed by atoms with Crippen molar-refractivity contribution < 1.29 is 4.79 Å². The van der Waals surface area contributed by atoms with E-state index in [0.29, 0.717) is 22.9 Å². The number of benzene rings is 1.